The molecule has 0 saturated heterocycles. The Balaban J connectivity index is 1.69. The molecule has 0 fully saturated rings. The average molecular weight is 777 g/mol. The lowest BCUT2D eigenvalue weighted by Gasteiger charge is -2.23. The van der Waals surface area contributed by atoms with Crippen molar-refractivity contribution in [3.8, 4) is 0 Å². The molecular weight excluding hydrogens is 724 g/mol. The second-order valence-corrected chi connectivity index (χ2v) is 13.2. The number of fused-ring (bicyclic) bond motifs is 1. The second kappa shape index (κ2) is 22.1. The molecular formula is C37H52N12O7. The lowest BCUT2D eigenvalue weighted by molar-refractivity contribution is -0.131. The van der Waals surface area contributed by atoms with Gasteiger partial charge in [0.1, 0.15) is 18.1 Å². The number of carbonyl (C=O) groups excluding carboxylic acids is 6. The first-order valence-corrected chi connectivity index (χ1v) is 18.1. The van der Waals surface area contributed by atoms with Crippen molar-refractivity contribution in [1.29, 1.82) is 0 Å². The van der Waals surface area contributed by atoms with Crippen molar-refractivity contribution >= 4 is 63.7 Å². The van der Waals surface area contributed by atoms with Gasteiger partial charge in [0, 0.05) is 62.0 Å². The van der Waals surface area contributed by atoms with E-state index in [-0.39, 0.29) is 74.7 Å². The zero-order valence-corrected chi connectivity index (χ0v) is 31.5. The number of hydrogen-bond acceptors (Lipinski definition) is 11. The minimum absolute atomic E-state index is 0.00707. The molecule has 6 amide bonds. The number of carbonyl (C=O) groups is 6. The highest BCUT2D eigenvalue weighted by Crippen LogP contribution is 2.27. The van der Waals surface area contributed by atoms with E-state index in [0.717, 1.165) is 5.56 Å². The van der Waals surface area contributed by atoms with Crippen molar-refractivity contribution < 1.29 is 33.9 Å². The Kier molecular flexibility index (Phi) is 17.4. The summed E-state index contributed by atoms with van der Waals surface area (Å²) < 4.78 is 0. The number of benzene rings is 2. The summed E-state index contributed by atoms with van der Waals surface area (Å²) in [5.41, 5.74) is 24.3. The van der Waals surface area contributed by atoms with E-state index in [2.05, 4.69) is 41.9 Å². The Bertz CT molecular complexity index is 1870. The van der Waals surface area contributed by atoms with Gasteiger partial charge in [0.2, 0.25) is 29.5 Å². The van der Waals surface area contributed by atoms with Gasteiger partial charge in [0.25, 0.3) is 5.91 Å². The van der Waals surface area contributed by atoms with Crippen molar-refractivity contribution in [1.82, 2.24) is 31.6 Å². The van der Waals surface area contributed by atoms with Crippen molar-refractivity contribution in [3.63, 3.8) is 0 Å². The van der Waals surface area contributed by atoms with Crippen molar-refractivity contribution in [2.75, 3.05) is 31.6 Å². The summed E-state index contributed by atoms with van der Waals surface area (Å²) in [6.45, 7) is 3.53. The molecule has 0 aliphatic rings. The second-order valence-electron chi connectivity index (χ2n) is 13.2. The number of anilines is 2. The number of nitrogens with two attached hydrogens (primary N) is 4. The maximum absolute atomic E-state index is 13.7. The Morgan fingerprint density at radius 1 is 0.839 bits per heavy atom. The Morgan fingerprint density at radius 2 is 1.55 bits per heavy atom. The number of hydrogen-bond donors (Lipinski definition) is 11. The van der Waals surface area contributed by atoms with Gasteiger partial charge < -0.3 is 59.9 Å². The van der Waals surface area contributed by atoms with Gasteiger partial charge in [-0.3, -0.25) is 38.7 Å². The van der Waals surface area contributed by atoms with Gasteiger partial charge in [-0.15, -0.1) is 0 Å². The highest BCUT2D eigenvalue weighted by atomic mass is 16.3. The van der Waals surface area contributed by atoms with E-state index < -0.39 is 48.4 Å². The molecule has 19 heteroatoms. The van der Waals surface area contributed by atoms with Crippen LogP contribution in [-0.4, -0.2) is 95.9 Å². The molecule has 19 nitrogen and oxygen atoms in total. The van der Waals surface area contributed by atoms with E-state index in [1.165, 1.54) is 0 Å². The number of rotatable bonds is 22. The molecule has 56 heavy (non-hydrogen) atoms. The van der Waals surface area contributed by atoms with E-state index >= 15 is 0 Å². The molecule has 0 aliphatic heterocycles. The minimum atomic E-state index is -1.13. The highest BCUT2D eigenvalue weighted by Gasteiger charge is 2.26. The average Bonchev–Trinajstić information content (AvgIpc) is 3.16. The quantitative estimate of drug-likeness (QED) is 0.0323. The predicted molar refractivity (Wildman–Crippen MR) is 211 cm³/mol. The number of aliphatic hydroxyl groups excluding tert-OH is 1. The molecule has 0 saturated carbocycles. The predicted octanol–water partition coefficient (Wildman–Crippen LogP) is -1.30. The number of aromatic nitrogens is 1. The molecule has 1 heterocycles. The van der Waals surface area contributed by atoms with Crippen LogP contribution in [0, 0.1) is 5.92 Å². The number of pyridine rings is 1. The van der Waals surface area contributed by atoms with Crippen molar-refractivity contribution in [2.45, 2.75) is 64.2 Å². The summed E-state index contributed by atoms with van der Waals surface area (Å²) >= 11 is 0. The molecule has 0 unspecified atom stereocenters. The summed E-state index contributed by atoms with van der Waals surface area (Å²) in [4.78, 5) is 83.2. The summed E-state index contributed by atoms with van der Waals surface area (Å²) in [6.07, 6.45) is 2.06. The van der Waals surface area contributed by atoms with Crippen molar-refractivity contribution in [2.24, 2.45) is 33.8 Å². The smallest absolute Gasteiger partial charge is 0.254 e. The van der Waals surface area contributed by atoms with Gasteiger partial charge in [-0.25, -0.2) is 0 Å². The largest absolute Gasteiger partial charge is 0.394 e. The number of primary amides is 1. The molecule has 0 bridgehead atoms. The fourth-order valence-electron chi connectivity index (χ4n) is 5.35. The molecule has 15 N–H and O–H groups in total. The third-order valence-electron chi connectivity index (χ3n) is 8.41. The first kappa shape index (κ1) is 44.1. The van der Waals surface area contributed by atoms with Crippen molar-refractivity contribution in [3.05, 3.63) is 65.9 Å². The molecule has 0 aliphatic carbocycles. The van der Waals surface area contributed by atoms with Crippen LogP contribution in [0.4, 0.5) is 11.4 Å². The van der Waals surface area contributed by atoms with Gasteiger partial charge >= 0.3 is 0 Å². The Hall–Kier alpha value is -6.34. The van der Waals surface area contributed by atoms with Crippen LogP contribution < -0.4 is 54.8 Å². The molecule has 0 radical (unpaired) electrons. The number of aliphatic imine (C=N–C) groups is 1. The van der Waals surface area contributed by atoms with Gasteiger partial charge in [0.15, 0.2) is 5.96 Å². The number of para-hydroxylation sites is 1. The fraction of sp³-hybridized carbons (Fsp3) is 0.405. The maximum atomic E-state index is 13.7. The van der Waals surface area contributed by atoms with Crippen LogP contribution in [0.5, 0.6) is 0 Å². The van der Waals surface area contributed by atoms with E-state index in [1.807, 2.05) is 24.3 Å². The number of amides is 6. The van der Waals surface area contributed by atoms with Crippen LogP contribution in [0.25, 0.3) is 10.9 Å². The summed E-state index contributed by atoms with van der Waals surface area (Å²) in [5.74, 6) is -3.32. The Labute approximate surface area is 324 Å². The fourth-order valence-corrected chi connectivity index (χ4v) is 5.35. The number of nitrogens with one attached hydrogen (secondary N) is 6. The summed E-state index contributed by atoms with van der Waals surface area (Å²) in [6, 6.07) is 11.2. The third kappa shape index (κ3) is 14.1. The first-order chi connectivity index (χ1) is 26.7. The molecule has 302 valence electrons. The van der Waals surface area contributed by atoms with E-state index in [0.29, 0.717) is 28.7 Å². The summed E-state index contributed by atoms with van der Waals surface area (Å²) in [7, 11) is 0. The monoisotopic (exact) mass is 776 g/mol. The molecule has 3 aromatic rings. The number of nitrogens with zero attached hydrogens (tertiary/aromatic N) is 2. The number of guanidine groups is 1. The topological polar surface area (TPSA) is 324 Å². The van der Waals surface area contributed by atoms with Crippen LogP contribution in [0.2, 0.25) is 0 Å². The SMILES string of the molecule is CC(C)[C@H](NC(=O)[C@@H](N)CO)C(=O)NCc1ccc(Nc2ccnc3c(C(=O)N[C@@H](CCCN=C(N)N)C(=O)NCCC(=O)NCCC(N)=O)cccc23)cc1. The Morgan fingerprint density at radius 3 is 2.21 bits per heavy atom. The van der Waals surface area contributed by atoms with Gasteiger partial charge in [0.05, 0.1) is 17.7 Å². The molecule has 1 aromatic heterocycles. The zero-order chi connectivity index (χ0) is 41.2. The molecule has 3 atom stereocenters. The third-order valence-corrected chi connectivity index (χ3v) is 8.41. The van der Waals surface area contributed by atoms with Crippen LogP contribution in [-0.2, 0) is 30.5 Å². The molecule has 2 aromatic carbocycles. The van der Waals surface area contributed by atoms with E-state index in [4.69, 9.17) is 28.0 Å². The highest BCUT2D eigenvalue weighted by molar-refractivity contribution is 6.09. The van der Waals surface area contributed by atoms with Crippen LogP contribution in [0.15, 0.2) is 59.7 Å². The summed E-state index contributed by atoms with van der Waals surface area (Å²) in [5, 5.41) is 26.5. The van der Waals surface area contributed by atoms with Gasteiger partial charge in [-0.2, -0.15) is 0 Å². The first-order valence-electron chi connectivity index (χ1n) is 18.1. The zero-order valence-electron chi connectivity index (χ0n) is 31.5. The van der Waals surface area contributed by atoms with E-state index in [9.17, 15) is 28.8 Å². The standard InChI is InChI=1S/C37H52N12O7/c1-21(2)31(49-34(54)26(38)20-50)36(56)46-19-22-8-10-23(11-9-22)47-27-12-16-43-32-24(27)5-3-6-25(32)33(53)48-28(7-4-15-45-37(40)41)35(55)44-18-14-30(52)42-17-13-29(39)51/h3,5-6,8-12,16,21,26,28,31,50H,4,7,13-15,17-20,38H2,1-2H3,(H2,39,51)(H,42,52)(H,43,47)(H,44,55)(H,46,56)(H,48,53)(H,49,54)(H4,40,41,45)/t26-,28-,31-/m0/s1. The van der Waals surface area contributed by atoms with Gasteiger partial charge in [-0.05, 0) is 48.6 Å². The number of aliphatic hydroxyl groups is 1. The lowest BCUT2D eigenvalue weighted by Crippen LogP contribution is -2.54. The molecule has 3 rings (SSSR count). The van der Waals surface area contributed by atoms with Crippen LogP contribution >= 0.6 is 0 Å². The minimum Gasteiger partial charge on any atom is -0.394 e. The maximum Gasteiger partial charge on any atom is 0.254 e. The van der Waals surface area contributed by atoms with E-state index in [1.54, 1.807) is 44.3 Å². The normalized spacial score (nSPS) is 12.4. The molecule has 0 spiro atoms. The van der Waals surface area contributed by atoms with Crippen LogP contribution in [0.3, 0.4) is 0 Å². The lowest BCUT2D eigenvalue weighted by atomic mass is 10.0. The van der Waals surface area contributed by atoms with Crippen LogP contribution in [0.1, 0.15) is 55.5 Å². The van der Waals surface area contributed by atoms with Gasteiger partial charge in [-0.1, -0.05) is 38.1 Å².